The molecule has 0 N–H and O–H groups in total. The monoisotopic (exact) mass is 178 g/mol. The van der Waals surface area contributed by atoms with Crippen LogP contribution in [0, 0.1) is 11.3 Å². The first kappa shape index (κ1) is 10.2. The molecule has 72 valence electrons. The molecule has 1 heteroatoms. The van der Waals surface area contributed by atoms with Crippen LogP contribution < -0.4 is 0 Å². The van der Waals surface area contributed by atoms with E-state index in [-0.39, 0.29) is 11.3 Å². The van der Waals surface area contributed by atoms with Gasteiger partial charge in [0.05, 0.1) is 5.92 Å². The number of hydrogen-bond donors (Lipinski definition) is 0. The molecule has 0 radical (unpaired) electrons. The van der Waals surface area contributed by atoms with Crippen molar-refractivity contribution >= 4 is 5.78 Å². The number of carbonyl (C=O) groups excluding carboxylic acids is 1. The summed E-state index contributed by atoms with van der Waals surface area (Å²) in [6.07, 6.45) is 6.70. The molecule has 1 rings (SSSR count). The molecule has 0 amide bonds. The van der Waals surface area contributed by atoms with Crippen molar-refractivity contribution in [3.8, 4) is 0 Å². The zero-order valence-corrected chi connectivity index (χ0v) is 8.92. The van der Waals surface area contributed by atoms with E-state index in [1.165, 1.54) is 5.57 Å². The average molecular weight is 178 g/mol. The van der Waals surface area contributed by atoms with Crippen molar-refractivity contribution < 1.29 is 4.79 Å². The zero-order chi connectivity index (χ0) is 10.1. The molecule has 0 aromatic heterocycles. The largest absolute Gasteiger partial charge is 0.299 e. The lowest BCUT2D eigenvalue weighted by atomic mass is 9.86. The standard InChI is InChI=1S/C12H18O/c1-9-5-6-10(7-9)11(13)8-12(2,3)4/h5-7,10H,8H2,1-4H3. The van der Waals surface area contributed by atoms with Crippen molar-refractivity contribution in [2.24, 2.45) is 11.3 Å². The third-order valence-electron chi connectivity index (χ3n) is 2.09. The Bertz CT molecular complexity index is 263. The van der Waals surface area contributed by atoms with Crippen LogP contribution in [0.1, 0.15) is 34.1 Å². The third kappa shape index (κ3) is 3.17. The van der Waals surface area contributed by atoms with E-state index in [9.17, 15) is 4.79 Å². The predicted molar refractivity (Wildman–Crippen MR) is 55.5 cm³/mol. The molecule has 1 atom stereocenters. The van der Waals surface area contributed by atoms with E-state index in [0.717, 1.165) is 0 Å². The summed E-state index contributed by atoms with van der Waals surface area (Å²) >= 11 is 0. The van der Waals surface area contributed by atoms with Crippen LogP contribution in [0.3, 0.4) is 0 Å². The summed E-state index contributed by atoms with van der Waals surface area (Å²) in [6, 6.07) is 0. The Labute approximate surface area is 80.5 Å². The molecule has 1 aliphatic carbocycles. The minimum Gasteiger partial charge on any atom is -0.299 e. The molecule has 1 aliphatic rings. The van der Waals surface area contributed by atoms with Crippen molar-refractivity contribution in [1.29, 1.82) is 0 Å². The van der Waals surface area contributed by atoms with E-state index >= 15 is 0 Å². The van der Waals surface area contributed by atoms with Crippen LogP contribution in [0.4, 0.5) is 0 Å². The minimum atomic E-state index is 0.0409. The average Bonchev–Trinajstić information content (AvgIpc) is 2.31. The third-order valence-corrected chi connectivity index (χ3v) is 2.09. The molecule has 13 heavy (non-hydrogen) atoms. The van der Waals surface area contributed by atoms with Gasteiger partial charge in [0.15, 0.2) is 0 Å². The molecule has 0 aromatic carbocycles. The van der Waals surface area contributed by atoms with Gasteiger partial charge in [-0.3, -0.25) is 4.79 Å². The molecule has 0 saturated carbocycles. The topological polar surface area (TPSA) is 17.1 Å². The quantitative estimate of drug-likeness (QED) is 0.635. The predicted octanol–water partition coefficient (Wildman–Crippen LogP) is 3.12. The summed E-state index contributed by atoms with van der Waals surface area (Å²) in [5.41, 5.74) is 1.31. The first-order valence-corrected chi connectivity index (χ1v) is 4.78. The fraction of sp³-hybridized carbons (Fsp3) is 0.583. The minimum absolute atomic E-state index is 0.0409. The van der Waals surface area contributed by atoms with E-state index < -0.39 is 0 Å². The maximum absolute atomic E-state index is 11.7. The van der Waals surface area contributed by atoms with Gasteiger partial charge in [-0.15, -0.1) is 0 Å². The Morgan fingerprint density at radius 3 is 2.46 bits per heavy atom. The maximum atomic E-state index is 11.7. The molecule has 0 fully saturated rings. The number of Topliss-reactive ketones (excluding diaryl/α,β-unsaturated/α-hetero) is 1. The lowest BCUT2D eigenvalue weighted by Crippen LogP contribution is -2.17. The Morgan fingerprint density at radius 1 is 1.46 bits per heavy atom. The van der Waals surface area contributed by atoms with E-state index in [1.54, 1.807) is 0 Å². The van der Waals surface area contributed by atoms with Crippen LogP contribution in [0.2, 0.25) is 0 Å². The second-order valence-electron chi connectivity index (χ2n) is 5.00. The molecule has 0 saturated heterocycles. The van der Waals surface area contributed by atoms with Crippen LogP contribution >= 0.6 is 0 Å². The van der Waals surface area contributed by atoms with Crippen LogP contribution in [0.5, 0.6) is 0 Å². The van der Waals surface area contributed by atoms with Crippen LogP contribution in [-0.2, 0) is 4.79 Å². The van der Waals surface area contributed by atoms with Gasteiger partial charge in [0.1, 0.15) is 5.78 Å². The van der Waals surface area contributed by atoms with Gasteiger partial charge in [0.25, 0.3) is 0 Å². The van der Waals surface area contributed by atoms with Crippen molar-refractivity contribution in [2.75, 3.05) is 0 Å². The lowest BCUT2D eigenvalue weighted by molar-refractivity contribution is -0.122. The molecular weight excluding hydrogens is 160 g/mol. The van der Waals surface area contributed by atoms with E-state index in [2.05, 4.69) is 20.8 Å². The number of hydrogen-bond acceptors (Lipinski definition) is 1. The molecule has 0 bridgehead atoms. The SMILES string of the molecule is CC1=CC(C(=O)CC(C)(C)C)C=C1. The number of rotatable bonds is 2. The molecule has 0 aliphatic heterocycles. The number of allylic oxidation sites excluding steroid dienone is 4. The van der Waals surface area contributed by atoms with Crippen LogP contribution in [0.25, 0.3) is 0 Å². The van der Waals surface area contributed by atoms with Gasteiger partial charge < -0.3 is 0 Å². The summed E-state index contributed by atoms with van der Waals surface area (Å²) in [7, 11) is 0. The van der Waals surface area contributed by atoms with E-state index in [0.29, 0.717) is 12.2 Å². The van der Waals surface area contributed by atoms with Crippen molar-refractivity contribution in [3.63, 3.8) is 0 Å². The molecule has 1 unspecified atom stereocenters. The zero-order valence-electron chi connectivity index (χ0n) is 8.92. The van der Waals surface area contributed by atoms with Crippen LogP contribution in [0.15, 0.2) is 23.8 Å². The summed E-state index contributed by atoms with van der Waals surface area (Å²) in [6.45, 7) is 8.32. The number of ketones is 1. The van der Waals surface area contributed by atoms with Crippen molar-refractivity contribution in [1.82, 2.24) is 0 Å². The Balaban J connectivity index is 2.56. The Kier molecular flexibility index (Phi) is 2.74. The van der Waals surface area contributed by atoms with Gasteiger partial charge in [-0.1, -0.05) is 44.6 Å². The second kappa shape index (κ2) is 3.49. The second-order valence-corrected chi connectivity index (χ2v) is 5.00. The molecular formula is C12H18O. The highest BCUT2D eigenvalue weighted by molar-refractivity contribution is 5.86. The Hall–Kier alpha value is -0.850. The normalized spacial score (nSPS) is 21.8. The first-order chi connectivity index (χ1) is 5.88. The highest BCUT2D eigenvalue weighted by atomic mass is 16.1. The fourth-order valence-corrected chi connectivity index (χ4v) is 1.49. The first-order valence-electron chi connectivity index (χ1n) is 4.78. The van der Waals surface area contributed by atoms with E-state index in [1.807, 2.05) is 25.2 Å². The van der Waals surface area contributed by atoms with Crippen LogP contribution in [-0.4, -0.2) is 5.78 Å². The lowest BCUT2D eigenvalue weighted by Gasteiger charge is -2.18. The Morgan fingerprint density at radius 2 is 2.08 bits per heavy atom. The van der Waals surface area contributed by atoms with E-state index in [4.69, 9.17) is 0 Å². The van der Waals surface area contributed by atoms with Gasteiger partial charge >= 0.3 is 0 Å². The fourth-order valence-electron chi connectivity index (χ4n) is 1.49. The van der Waals surface area contributed by atoms with Gasteiger partial charge in [0, 0.05) is 6.42 Å². The summed E-state index contributed by atoms with van der Waals surface area (Å²) < 4.78 is 0. The smallest absolute Gasteiger partial charge is 0.144 e. The summed E-state index contributed by atoms with van der Waals surface area (Å²) in [5.74, 6) is 0.375. The summed E-state index contributed by atoms with van der Waals surface area (Å²) in [4.78, 5) is 11.7. The highest BCUT2D eigenvalue weighted by Crippen LogP contribution is 2.25. The van der Waals surface area contributed by atoms with Gasteiger partial charge in [-0.2, -0.15) is 0 Å². The van der Waals surface area contributed by atoms with Gasteiger partial charge in [-0.25, -0.2) is 0 Å². The van der Waals surface area contributed by atoms with Gasteiger partial charge in [-0.05, 0) is 12.3 Å². The summed E-state index contributed by atoms with van der Waals surface area (Å²) in [5, 5.41) is 0. The molecule has 1 nitrogen and oxygen atoms in total. The maximum Gasteiger partial charge on any atom is 0.144 e. The highest BCUT2D eigenvalue weighted by Gasteiger charge is 2.22. The molecule has 0 heterocycles. The van der Waals surface area contributed by atoms with Crippen molar-refractivity contribution in [3.05, 3.63) is 23.8 Å². The molecule has 0 aromatic rings. The van der Waals surface area contributed by atoms with Gasteiger partial charge in [0.2, 0.25) is 0 Å². The van der Waals surface area contributed by atoms with Crippen molar-refractivity contribution in [2.45, 2.75) is 34.1 Å². The number of carbonyl (C=O) groups is 1. The molecule has 0 spiro atoms.